The molecule has 0 saturated carbocycles. The molecule has 2 aromatic heterocycles. The molecule has 21 heavy (non-hydrogen) atoms. The number of benzene rings is 1. The summed E-state index contributed by atoms with van der Waals surface area (Å²) < 4.78 is 7.15. The number of para-hydroxylation sites is 1. The largest absolute Gasteiger partial charge is 0.338 e. The Bertz CT molecular complexity index is 736. The zero-order valence-corrected chi connectivity index (χ0v) is 12.7. The molecule has 0 unspecified atom stereocenters. The fourth-order valence-electron chi connectivity index (χ4n) is 1.94. The normalized spacial score (nSPS) is 11.0. The molecule has 0 fully saturated rings. The first-order valence-electron chi connectivity index (χ1n) is 6.68. The van der Waals surface area contributed by atoms with Gasteiger partial charge in [0.1, 0.15) is 6.33 Å². The molecule has 108 valence electrons. The Hall–Kier alpha value is -2.15. The lowest BCUT2D eigenvalue weighted by atomic mass is 10.2. The van der Waals surface area contributed by atoms with Gasteiger partial charge in [0.25, 0.3) is 0 Å². The molecule has 7 heteroatoms. The fraction of sp³-hybridized carbons (Fsp3) is 0.286. The molecule has 0 radical (unpaired) electrons. The molecule has 0 atom stereocenters. The van der Waals surface area contributed by atoms with E-state index in [-0.39, 0.29) is 0 Å². The van der Waals surface area contributed by atoms with Crippen molar-refractivity contribution in [1.82, 2.24) is 24.9 Å². The van der Waals surface area contributed by atoms with Gasteiger partial charge in [0, 0.05) is 6.42 Å². The van der Waals surface area contributed by atoms with Crippen LogP contribution < -0.4 is 0 Å². The van der Waals surface area contributed by atoms with Crippen molar-refractivity contribution in [2.45, 2.75) is 31.2 Å². The molecule has 0 aliphatic rings. The van der Waals surface area contributed by atoms with Gasteiger partial charge in [-0.25, -0.2) is 0 Å². The van der Waals surface area contributed by atoms with Crippen molar-refractivity contribution in [3.8, 4) is 5.69 Å². The minimum atomic E-state index is 0.581. The maximum absolute atomic E-state index is 5.18. The Morgan fingerprint density at radius 2 is 2.14 bits per heavy atom. The van der Waals surface area contributed by atoms with Crippen LogP contribution in [0, 0.1) is 6.92 Å². The van der Waals surface area contributed by atoms with Gasteiger partial charge in [-0.05, 0) is 18.6 Å². The highest BCUT2D eigenvalue weighted by atomic mass is 32.2. The van der Waals surface area contributed by atoms with E-state index in [0.29, 0.717) is 11.6 Å². The van der Waals surface area contributed by atoms with Crippen molar-refractivity contribution < 1.29 is 4.52 Å². The molecule has 0 amide bonds. The maximum atomic E-state index is 5.18. The van der Waals surface area contributed by atoms with Crippen LogP contribution in [0.25, 0.3) is 5.69 Å². The van der Waals surface area contributed by atoms with E-state index >= 15 is 0 Å². The van der Waals surface area contributed by atoms with Gasteiger partial charge in [-0.2, -0.15) is 4.98 Å². The number of hydrogen-bond donors (Lipinski definition) is 0. The van der Waals surface area contributed by atoms with Gasteiger partial charge < -0.3 is 4.52 Å². The molecule has 0 saturated heterocycles. The SMILES string of the molecule is CCc1noc(CSc2nncn2-c2ccccc2C)n1. The van der Waals surface area contributed by atoms with E-state index in [2.05, 4.69) is 33.3 Å². The molecule has 2 heterocycles. The third kappa shape index (κ3) is 2.97. The molecule has 0 spiro atoms. The Morgan fingerprint density at radius 1 is 1.29 bits per heavy atom. The summed E-state index contributed by atoms with van der Waals surface area (Å²) in [5.74, 6) is 1.92. The van der Waals surface area contributed by atoms with Crippen LogP contribution >= 0.6 is 11.8 Å². The van der Waals surface area contributed by atoms with Crippen LogP contribution in [0.1, 0.15) is 24.2 Å². The number of thioether (sulfide) groups is 1. The van der Waals surface area contributed by atoms with Gasteiger partial charge in [-0.1, -0.05) is 42.0 Å². The van der Waals surface area contributed by atoms with Gasteiger partial charge in [0.05, 0.1) is 11.4 Å². The van der Waals surface area contributed by atoms with Crippen LogP contribution in [0.15, 0.2) is 40.3 Å². The third-order valence-electron chi connectivity index (χ3n) is 3.04. The Morgan fingerprint density at radius 3 is 2.90 bits per heavy atom. The molecular weight excluding hydrogens is 286 g/mol. The summed E-state index contributed by atoms with van der Waals surface area (Å²) in [6.07, 6.45) is 2.49. The third-order valence-corrected chi connectivity index (χ3v) is 3.97. The second kappa shape index (κ2) is 6.09. The van der Waals surface area contributed by atoms with E-state index in [1.54, 1.807) is 6.33 Å². The van der Waals surface area contributed by atoms with Crippen molar-refractivity contribution in [3.05, 3.63) is 47.9 Å². The van der Waals surface area contributed by atoms with E-state index in [1.807, 2.05) is 29.7 Å². The summed E-state index contributed by atoms with van der Waals surface area (Å²) in [6, 6.07) is 8.13. The quantitative estimate of drug-likeness (QED) is 0.675. The first kappa shape index (κ1) is 13.8. The summed E-state index contributed by atoms with van der Waals surface area (Å²) in [6.45, 7) is 4.06. The Kier molecular flexibility index (Phi) is 4.01. The Labute approximate surface area is 126 Å². The molecule has 1 aromatic carbocycles. The maximum Gasteiger partial charge on any atom is 0.237 e. The molecule has 3 rings (SSSR count). The number of aromatic nitrogens is 5. The van der Waals surface area contributed by atoms with Crippen molar-refractivity contribution in [3.63, 3.8) is 0 Å². The zero-order valence-electron chi connectivity index (χ0n) is 11.9. The van der Waals surface area contributed by atoms with Gasteiger partial charge >= 0.3 is 0 Å². The predicted octanol–water partition coefficient (Wildman–Crippen LogP) is 2.81. The molecule has 0 aliphatic carbocycles. The predicted molar refractivity (Wildman–Crippen MR) is 79.3 cm³/mol. The average Bonchev–Trinajstić information content (AvgIpc) is 3.14. The van der Waals surface area contributed by atoms with Crippen LogP contribution in [0.3, 0.4) is 0 Å². The number of rotatable bonds is 5. The highest BCUT2D eigenvalue weighted by Gasteiger charge is 2.11. The van der Waals surface area contributed by atoms with Gasteiger partial charge in [-0.3, -0.25) is 4.57 Å². The summed E-state index contributed by atoms with van der Waals surface area (Å²) in [5.41, 5.74) is 2.25. The average molecular weight is 301 g/mol. The first-order chi connectivity index (χ1) is 10.3. The van der Waals surface area contributed by atoms with Crippen LogP contribution in [-0.2, 0) is 12.2 Å². The number of aryl methyl sites for hydroxylation is 2. The van der Waals surface area contributed by atoms with Crippen molar-refractivity contribution in [2.24, 2.45) is 0 Å². The topological polar surface area (TPSA) is 69.6 Å². The lowest BCUT2D eigenvalue weighted by molar-refractivity contribution is 0.385. The lowest BCUT2D eigenvalue weighted by Crippen LogP contribution is -1.97. The van der Waals surface area contributed by atoms with E-state index < -0.39 is 0 Å². The van der Waals surface area contributed by atoms with E-state index in [9.17, 15) is 0 Å². The minimum Gasteiger partial charge on any atom is -0.338 e. The van der Waals surface area contributed by atoms with Gasteiger partial charge in [0.2, 0.25) is 5.89 Å². The highest BCUT2D eigenvalue weighted by molar-refractivity contribution is 7.98. The minimum absolute atomic E-state index is 0.581. The van der Waals surface area contributed by atoms with Crippen LogP contribution in [0.2, 0.25) is 0 Å². The second-order valence-electron chi connectivity index (χ2n) is 4.52. The van der Waals surface area contributed by atoms with Crippen molar-refractivity contribution in [2.75, 3.05) is 0 Å². The van der Waals surface area contributed by atoms with Crippen LogP contribution in [-0.4, -0.2) is 24.9 Å². The van der Waals surface area contributed by atoms with Gasteiger partial charge in [0.15, 0.2) is 11.0 Å². The molecule has 0 aliphatic heterocycles. The fourth-order valence-corrected chi connectivity index (χ4v) is 2.70. The lowest BCUT2D eigenvalue weighted by Gasteiger charge is -2.08. The van der Waals surface area contributed by atoms with Crippen LogP contribution in [0.5, 0.6) is 0 Å². The summed E-state index contributed by atoms with van der Waals surface area (Å²) >= 11 is 1.53. The van der Waals surface area contributed by atoms with Crippen molar-refractivity contribution in [1.29, 1.82) is 0 Å². The standard InChI is InChI=1S/C14H15N5OS/c1-3-12-16-13(20-18-12)8-21-14-17-15-9-19(14)11-7-5-4-6-10(11)2/h4-7,9H,3,8H2,1-2H3. The summed E-state index contributed by atoms with van der Waals surface area (Å²) in [7, 11) is 0. The number of hydrogen-bond acceptors (Lipinski definition) is 6. The van der Waals surface area contributed by atoms with E-state index in [0.717, 1.165) is 23.1 Å². The molecule has 3 aromatic rings. The van der Waals surface area contributed by atoms with Crippen molar-refractivity contribution >= 4 is 11.8 Å². The summed E-state index contributed by atoms with van der Waals surface area (Å²) in [4.78, 5) is 4.29. The summed E-state index contributed by atoms with van der Waals surface area (Å²) in [5, 5.41) is 12.9. The van der Waals surface area contributed by atoms with E-state index in [1.165, 1.54) is 17.3 Å². The molecule has 0 bridgehead atoms. The molecule has 0 N–H and O–H groups in total. The monoisotopic (exact) mass is 301 g/mol. The molecular formula is C14H15N5OS. The smallest absolute Gasteiger partial charge is 0.237 e. The highest BCUT2D eigenvalue weighted by Crippen LogP contribution is 2.24. The van der Waals surface area contributed by atoms with Gasteiger partial charge in [-0.15, -0.1) is 10.2 Å². The second-order valence-corrected chi connectivity index (χ2v) is 5.46. The van der Waals surface area contributed by atoms with Crippen LogP contribution in [0.4, 0.5) is 0 Å². The Balaban J connectivity index is 1.78. The van der Waals surface area contributed by atoms with E-state index in [4.69, 9.17) is 4.52 Å². The number of nitrogens with zero attached hydrogens (tertiary/aromatic N) is 5. The zero-order chi connectivity index (χ0) is 14.7. The molecule has 6 nitrogen and oxygen atoms in total. The first-order valence-corrected chi connectivity index (χ1v) is 7.66.